The van der Waals surface area contributed by atoms with E-state index in [-0.39, 0.29) is 4.90 Å². The number of hydrogen-bond acceptors (Lipinski definition) is 5. The van der Waals surface area contributed by atoms with Crippen molar-refractivity contribution in [2.24, 2.45) is 5.92 Å². The minimum absolute atomic E-state index is 0.246. The highest BCUT2D eigenvalue weighted by atomic mass is 32.2. The predicted molar refractivity (Wildman–Crippen MR) is 104 cm³/mol. The smallest absolute Gasteiger partial charge is 0.244 e. The molecule has 0 unspecified atom stereocenters. The number of hydrogen-bond donors (Lipinski definition) is 0. The van der Waals surface area contributed by atoms with Crippen molar-refractivity contribution in [3.63, 3.8) is 0 Å². The summed E-state index contributed by atoms with van der Waals surface area (Å²) < 4.78 is 30.9. The molecule has 1 aliphatic rings. The van der Waals surface area contributed by atoms with Crippen LogP contribution in [-0.2, 0) is 16.7 Å². The minimum atomic E-state index is -3.51. The summed E-state index contributed by atoms with van der Waals surface area (Å²) >= 11 is 5.55. The summed E-state index contributed by atoms with van der Waals surface area (Å²) in [6.07, 6.45) is 3.97. The summed E-state index contributed by atoms with van der Waals surface area (Å²) in [7, 11) is -3.51. The normalized spacial score (nSPS) is 17.4. The third-order valence-corrected chi connectivity index (χ3v) is 7.54. The highest BCUT2D eigenvalue weighted by molar-refractivity contribution is 7.89. The van der Waals surface area contributed by atoms with Crippen LogP contribution < -0.4 is 0 Å². The second kappa shape index (κ2) is 7.75. The van der Waals surface area contributed by atoms with E-state index in [0.717, 1.165) is 19.0 Å². The lowest BCUT2D eigenvalue weighted by atomic mass is 10.00. The summed E-state index contributed by atoms with van der Waals surface area (Å²) in [5.74, 6) is 0.771. The van der Waals surface area contributed by atoms with Gasteiger partial charge in [0, 0.05) is 32.4 Å². The largest absolute Gasteiger partial charge is 0.284 e. The van der Waals surface area contributed by atoms with E-state index in [2.05, 4.69) is 16.9 Å². The molecule has 2 aromatic rings. The lowest BCUT2D eigenvalue weighted by molar-refractivity contribution is 0.146. The van der Waals surface area contributed by atoms with E-state index < -0.39 is 10.0 Å². The first kappa shape index (κ1) is 19.5. The monoisotopic (exact) mass is 397 g/mol. The van der Waals surface area contributed by atoms with Crippen molar-refractivity contribution in [2.75, 3.05) is 26.2 Å². The Morgan fingerprint density at radius 3 is 2.50 bits per heavy atom. The summed E-state index contributed by atoms with van der Waals surface area (Å²) in [6.45, 7) is 9.56. The van der Waals surface area contributed by atoms with Crippen molar-refractivity contribution in [3.8, 4) is 0 Å². The fourth-order valence-electron chi connectivity index (χ4n) is 3.35. The molecule has 1 saturated heterocycles. The number of pyridine rings is 1. The van der Waals surface area contributed by atoms with Crippen LogP contribution in [0, 0.1) is 10.7 Å². The molecule has 0 aliphatic carbocycles. The zero-order valence-corrected chi connectivity index (χ0v) is 17.3. The third-order valence-electron chi connectivity index (χ3n) is 5.10. The van der Waals surface area contributed by atoms with E-state index in [1.54, 1.807) is 27.4 Å². The predicted octanol–water partition coefficient (Wildman–Crippen LogP) is 2.59. The van der Waals surface area contributed by atoms with Gasteiger partial charge in [0.2, 0.25) is 14.8 Å². The Kier molecular flexibility index (Phi) is 5.81. The molecule has 0 saturated carbocycles. The van der Waals surface area contributed by atoms with Crippen LogP contribution in [0.4, 0.5) is 0 Å². The first-order valence-corrected chi connectivity index (χ1v) is 11.0. The SMILES string of the molecule is CCN(CC)S(=O)(=O)c1ccc2nn(CN3CCC(C)CC3)c(=S)n2c1. The molecule has 0 amide bonds. The molecule has 1 fully saturated rings. The topological polar surface area (TPSA) is 62.9 Å². The molecule has 144 valence electrons. The fourth-order valence-corrected chi connectivity index (χ4v) is 5.05. The molecule has 0 radical (unpaired) electrons. The second-order valence-electron chi connectivity index (χ2n) is 6.91. The summed E-state index contributed by atoms with van der Waals surface area (Å²) in [6, 6.07) is 3.33. The van der Waals surface area contributed by atoms with Crippen LogP contribution in [-0.4, -0.2) is 58.0 Å². The van der Waals surface area contributed by atoms with Crippen LogP contribution in [0.5, 0.6) is 0 Å². The number of sulfonamides is 1. The van der Waals surface area contributed by atoms with E-state index in [9.17, 15) is 8.42 Å². The first-order valence-electron chi connectivity index (χ1n) is 9.18. The Hall–Kier alpha value is -1.29. The van der Waals surface area contributed by atoms with Crippen molar-refractivity contribution < 1.29 is 8.42 Å². The molecule has 0 bridgehead atoms. The van der Waals surface area contributed by atoms with Crippen LogP contribution in [0.3, 0.4) is 0 Å². The van der Waals surface area contributed by atoms with E-state index in [1.165, 1.54) is 17.1 Å². The summed E-state index contributed by atoms with van der Waals surface area (Å²) in [5, 5.41) is 4.56. The Labute approximate surface area is 160 Å². The zero-order valence-electron chi connectivity index (χ0n) is 15.6. The Balaban J connectivity index is 1.91. The van der Waals surface area contributed by atoms with Crippen molar-refractivity contribution >= 4 is 27.9 Å². The van der Waals surface area contributed by atoms with Crippen LogP contribution in [0.25, 0.3) is 5.65 Å². The van der Waals surface area contributed by atoms with Gasteiger partial charge in [-0.1, -0.05) is 20.8 Å². The number of fused-ring (bicyclic) bond motifs is 1. The molecule has 0 atom stereocenters. The second-order valence-corrected chi connectivity index (χ2v) is 9.21. The van der Waals surface area contributed by atoms with Crippen LogP contribution in [0.1, 0.15) is 33.6 Å². The highest BCUT2D eigenvalue weighted by Gasteiger charge is 2.23. The van der Waals surface area contributed by atoms with Gasteiger partial charge in [0.05, 0.1) is 11.6 Å². The van der Waals surface area contributed by atoms with E-state index >= 15 is 0 Å². The molecule has 0 aromatic carbocycles. The van der Waals surface area contributed by atoms with Crippen LogP contribution in [0.15, 0.2) is 23.2 Å². The average Bonchev–Trinajstić information content (AvgIpc) is 2.93. The minimum Gasteiger partial charge on any atom is -0.284 e. The summed E-state index contributed by atoms with van der Waals surface area (Å²) in [4.78, 5) is 2.59. The van der Waals surface area contributed by atoms with Gasteiger partial charge in [-0.3, -0.25) is 9.30 Å². The van der Waals surface area contributed by atoms with Crippen molar-refractivity contribution in [2.45, 2.75) is 45.2 Å². The maximum atomic E-state index is 12.7. The molecule has 7 nitrogen and oxygen atoms in total. The molecule has 2 aromatic heterocycles. The standard InChI is InChI=1S/C17H27N5O2S2/c1-4-20(5-2)26(23,24)15-6-7-16-18-22(17(25)21(16)12-15)13-19-10-8-14(3)9-11-19/h6-7,12,14H,4-5,8-11,13H2,1-3H3. The molecule has 9 heteroatoms. The van der Waals surface area contributed by atoms with Gasteiger partial charge in [-0.15, -0.1) is 0 Å². The Bertz CT molecular complexity index is 922. The van der Waals surface area contributed by atoms with Gasteiger partial charge in [-0.05, 0) is 43.1 Å². The Morgan fingerprint density at radius 1 is 1.23 bits per heavy atom. The van der Waals surface area contributed by atoms with Crippen molar-refractivity contribution in [1.82, 2.24) is 23.4 Å². The summed E-state index contributed by atoms with van der Waals surface area (Å²) in [5.41, 5.74) is 0.666. The van der Waals surface area contributed by atoms with Gasteiger partial charge < -0.3 is 0 Å². The van der Waals surface area contributed by atoms with Crippen LogP contribution in [0.2, 0.25) is 0 Å². The van der Waals surface area contributed by atoms with Crippen LogP contribution >= 0.6 is 12.2 Å². The lowest BCUT2D eigenvalue weighted by Crippen LogP contribution is -2.34. The molecule has 3 rings (SSSR count). The third kappa shape index (κ3) is 3.71. The van der Waals surface area contributed by atoms with E-state index in [0.29, 0.717) is 30.2 Å². The molecule has 0 spiro atoms. The van der Waals surface area contributed by atoms with Gasteiger partial charge in [0.1, 0.15) is 0 Å². The molecule has 26 heavy (non-hydrogen) atoms. The zero-order chi connectivity index (χ0) is 18.9. The maximum absolute atomic E-state index is 12.7. The van der Waals surface area contributed by atoms with Crippen molar-refractivity contribution in [1.29, 1.82) is 0 Å². The van der Waals surface area contributed by atoms with E-state index in [4.69, 9.17) is 12.2 Å². The number of rotatable bonds is 6. The fraction of sp³-hybridized carbons (Fsp3) is 0.647. The van der Waals surface area contributed by atoms with Crippen molar-refractivity contribution in [3.05, 3.63) is 23.1 Å². The number of likely N-dealkylation sites (tertiary alicyclic amines) is 1. The average molecular weight is 398 g/mol. The highest BCUT2D eigenvalue weighted by Crippen LogP contribution is 2.19. The molecule has 0 N–H and O–H groups in total. The van der Waals surface area contributed by atoms with Gasteiger partial charge in [0.25, 0.3) is 0 Å². The number of aromatic nitrogens is 3. The number of nitrogens with zero attached hydrogens (tertiary/aromatic N) is 5. The van der Waals surface area contributed by atoms with Gasteiger partial charge in [-0.2, -0.15) is 9.40 Å². The van der Waals surface area contributed by atoms with Gasteiger partial charge >= 0.3 is 0 Å². The molecular weight excluding hydrogens is 370 g/mol. The van der Waals surface area contributed by atoms with Gasteiger partial charge in [-0.25, -0.2) is 13.1 Å². The molecule has 3 heterocycles. The Morgan fingerprint density at radius 2 is 1.88 bits per heavy atom. The lowest BCUT2D eigenvalue weighted by Gasteiger charge is -2.29. The van der Waals surface area contributed by atoms with E-state index in [1.807, 2.05) is 13.8 Å². The number of piperidine rings is 1. The quantitative estimate of drug-likeness (QED) is 0.701. The maximum Gasteiger partial charge on any atom is 0.244 e. The molecular formula is C17H27N5O2S2. The first-order chi connectivity index (χ1) is 12.4. The molecule has 1 aliphatic heterocycles. The van der Waals surface area contributed by atoms with Gasteiger partial charge in [0.15, 0.2) is 5.65 Å².